The lowest BCUT2D eigenvalue weighted by atomic mass is 9.97. The normalized spacial score (nSPS) is 19.9. The first-order chi connectivity index (χ1) is 13.5. The number of aliphatic hydroxyl groups excluding tert-OH is 1. The lowest BCUT2D eigenvalue weighted by molar-refractivity contribution is -0.0811. The molecule has 146 valence electrons. The van der Waals surface area contributed by atoms with E-state index in [2.05, 4.69) is 10.1 Å². The molecule has 0 aliphatic carbocycles. The molecule has 1 amide bonds. The molecule has 7 heteroatoms. The van der Waals surface area contributed by atoms with Gasteiger partial charge in [0.05, 0.1) is 35.9 Å². The molecule has 1 aliphatic heterocycles. The number of hydrogen-bond acceptors (Lipinski definition) is 5. The van der Waals surface area contributed by atoms with Crippen molar-refractivity contribution in [2.24, 2.45) is 7.05 Å². The number of ether oxygens (including phenoxy) is 1. The van der Waals surface area contributed by atoms with Crippen LogP contribution in [0.25, 0.3) is 11.0 Å². The lowest BCUT2D eigenvalue weighted by Gasteiger charge is -2.41. The Bertz CT molecular complexity index is 1020. The van der Waals surface area contributed by atoms with Crippen molar-refractivity contribution >= 4 is 16.9 Å². The van der Waals surface area contributed by atoms with Crippen LogP contribution in [0.5, 0.6) is 0 Å². The monoisotopic (exact) mass is 380 g/mol. The summed E-state index contributed by atoms with van der Waals surface area (Å²) in [7, 11) is 1.83. The largest absolute Gasteiger partial charge is 0.394 e. The second kappa shape index (κ2) is 7.33. The highest BCUT2D eigenvalue weighted by Gasteiger charge is 2.37. The van der Waals surface area contributed by atoms with Gasteiger partial charge in [-0.05, 0) is 25.5 Å². The summed E-state index contributed by atoms with van der Waals surface area (Å²) in [5.41, 5.74) is 3.77. The number of nitrogens with zero attached hydrogens (tertiary/aromatic N) is 4. The number of rotatable bonds is 3. The fourth-order valence-corrected chi connectivity index (χ4v) is 4.05. The Morgan fingerprint density at radius 3 is 2.75 bits per heavy atom. The highest BCUT2D eigenvalue weighted by Crippen LogP contribution is 2.32. The van der Waals surface area contributed by atoms with Gasteiger partial charge in [0.2, 0.25) is 0 Å². The third kappa shape index (κ3) is 3.06. The van der Waals surface area contributed by atoms with Crippen LogP contribution in [0.3, 0.4) is 0 Å². The van der Waals surface area contributed by atoms with Gasteiger partial charge in [-0.2, -0.15) is 5.10 Å². The lowest BCUT2D eigenvalue weighted by Crippen LogP contribution is -2.49. The molecular formula is C21H24N4O3. The van der Waals surface area contributed by atoms with E-state index in [0.717, 1.165) is 22.3 Å². The van der Waals surface area contributed by atoms with E-state index in [4.69, 9.17) is 4.74 Å². The Morgan fingerprint density at radius 2 is 2.04 bits per heavy atom. The first kappa shape index (κ1) is 18.6. The van der Waals surface area contributed by atoms with Gasteiger partial charge in [0.1, 0.15) is 6.10 Å². The summed E-state index contributed by atoms with van der Waals surface area (Å²) in [6, 6.07) is 11.2. The topological polar surface area (TPSA) is 80.5 Å². The summed E-state index contributed by atoms with van der Waals surface area (Å²) in [4.78, 5) is 20.1. The maximum atomic E-state index is 13.7. The maximum absolute atomic E-state index is 13.7. The molecule has 2 aromatic heterocycles. The van der Waals surface area contributed by atoms with E-state index in [1.165, 1.54) is 0 Å². The Balaban J connectivity index is 1.83. The van der Waals surface area contributed by atoms with Gasteiger partial charge in [-0.25, -0.2) is 4.98 Å². The molecule has 28 heavy (non-hydrogen) atoms. The van der Waals surface area contributed by atoms with E-state index >= 15 is 0 Å². The highest BCUT2D eigenvalue weighted by molar-refractivity contribution is 6.06. The number of morpholine rings is 1. The molecule has 1 fully saturated rings. The second-order valence-corrected chi connectivity index (χ2v) is 7.16. The molecule has 1 aromatic carbocycles. The number of aromatic nitrogens is 3. The molecule has 1 N–H and O–H groups in total. The van der Waals surface area contributed by atoms with Gasteiger partial charge in [0.25, 0.3) is 5.91 Å². The van der Waals surface area contributed by atoms with Gasteiger partial charge < -0.3 is 14.7 Å². The summed E-state index contributed by atoms with van der Waals surface area (Å²) in [6.07, 6.45) is -0.464. The Hall–Kier alpha value is -2.77. The predicted octanol–water partition coefficient (Wildman–Crippen LogP) is 2.16. The van der Waals surface area contributed by atoms with Crippen LogP contribution in [0.2, 0.25) is 0 Å². The van der Waals surface area contributed by atoms with Crippen molar-refractivity contribution in [3.05, 3.63) is 58.9 Å². The zero-order valence-electron chi connectivity index (χ0n) is 16.3. The number of carbonyl (C=O) groups excluding carboxylic acids is 1. The van der Waals surface area contributed by atoms with Crippen LogP contribution in [-0.4, -0.2) is 56.5 Å². The highest BCUT2D eigenvalue weighted by atomic mass is 16.5. The quantitative estimate of drug-likeness (QED) is 0.753. The molecule has 0 spiro atoms. The SMILES string of the molecule is Cc1cc(C(=O)N2CCO[C@H](CO)[C@H]2c2ccccc2)c2c(C)nn(C)c2n1. The minimum absolute atomic E-state index is 0.0952. The number of fused-ring (bicyclic) bond motifs is 1. The fraction of sp³-hybridized carbons (Fsp3) is 0.381. The smallest absolute Gasteiger partial charge is 0.255 e. The van der Waals surface area contributed by atoms with Crippen LogP contribution in [0.4, 0.5) is 0 Å². The van der Waals surface area contributed by atoms with E-state index in [0.29, 0.717) is 24.4 Å². The van der Waals surface area contributed by atoms with E-state index in [1.54, 1.807) is 9.58 Å². The summed E-state index contributed by atoms with van der Waals surface area (Å²) >= 11 is 0. The van der Waals surface area contributed by atoms with Gasteiger partial charge in [-0.15, -0.1) is 0 Å². The predicted molar refractivity (Wildman–Crippen MR) is 105 cm³/mol. The van der Waals surface area contributed by atoms with Crippen molar-refractivity contribution in [1.29, 1.82) is 0 Å². The van der Waals surface area contributed by atoms with Crippen LogP contribution < -0.4 is 0 Å². The Morgan fingerprint density at radius 1 is 1.29 bits per heavy atom. The van der Waals surface area contributed by atoms with Crippen LogP contribution in [0.15, 0.2) is 36.4 Å². The molecule has 0 unspecified atom stereocenters. The Kier molecular flexibility index (Phi) is 4.87. The van der Waals surface area contributed by atoms with Crippen molar-refractivity contribution in [2.45, 2.75) is 26.0 Å². The van der Waals surface area contributed by atoms with Crippen molar-refractivity contribution in [3.8, 4) is 0 Å². The molecule has 1 aliphatic rings. The number of benzene rings is 1. The van der Waals surface area contributed by atoms with E-state index < -0.39 is 6.10 Å². The van der Waals surface area contributed by atoms with Gasteiger partial charge in [-0.1, -0.05) is 30.3 Å². The van der Waals surface area contributed by atoms with E-state index in [-0.39, 0.29) is 18.6 Å². The minimum atomic E-state index is -0.464. The fourth-order valence-electron chi connectivity index (χ4n) is 4.05. The van der Waals surface area contributed by atoms with E-state index in [1.807, 2.05) is 57.3 Å². The molecule has 0 radical (unpaired) electrons. The first-order valence-electron chi connectivity index (χ1n) is 9.40. The van der Waals surface area contributed by atoms with Gasteiger partial charge in [-0.3, -0.25) is 9.48 Å². The number of aryl methyl sites for hydroxylation is 3. The molecule has 3 heterocycles. The van der Waals surface area contributed by atoms with Crippen LogP contribution in [0.1, 0.15) is 33.4 Å². The van der Waals surface area contributed by atoms with E-state index in [9.17, 15) is 9.90 Å². The number of aliphatic hydroxyl groups is 1. The van der Waals surface area contributed by atoms with Crippen LogP contribution in [0, 0.1) is 13.8 Å². The molecule has 3 aromatic rings. The maximum Gasteiger partial charge on any atom is 0.255 e. The third-order valence-corrected chi connectivity index (χ3v) is 5.26. The summed E-state index contributed by atoms with van der Waals surface area (Å²) in [6.45, 7) is 4.46. The number of carbonyl (C=O) groups is 1. The molecular weight excluding hydrogens is 356 g/mol. The zero-order valence-corrected chi connectivity index (χ0v) is 16.3. The van der Waals surface area contributed by atoms with Crippen molar-refractivity contribution in [3.63, 3.8) is 0 Å². The third-order valence-electron chi connectivity index (χ3n) is 5.26. The zero-order chi connectivity index (χ0) is 19.8. The summed E-state index contributed by atoms with van der Waals surface area (Å²) in [5.74, 6) is -0.0952. The van der Waals surface area contributed by atoms with Crippen LogP contribution in [-0.2, 0) is 11.8 Å². The average molecular weight is 380 g/mol. The van der Waals surface area contributed by atoms with Crippen molar-refractivity contribution in [2.75, 3.05) is 19.8 Å². The molecule has 1 saturated heterocycles. The second-order valence-electron chi connectivity index (χ2n) is 7.16. The molecule has 7 nitrogen and oxygen atoms in total. The molecule has 2 atom stereocenters. The van der Waals surface area contributed by atoms with Gasteiger partial charge >= 0.3 is 0 Å². The molecule has 4 rings (SSSR count). The molecule has 0 bridgehead atoms. The number of hydrogen-bond donors (Lipinski definition) is 1. The van der Waals surface area contributed by atoms with Crippen molar-refractivity contribution in [1.82, 2.24) is 19.7 Å². The standard InChI is InChI=1S/C21H24N4O3/c1-13-11-16(18-14(2)23-24(3)20(18)22-13)21(27)25-9-10-28-17(12-26)19(25)15-7-5-4-6-8-15/h4-8,11,17,19,26H,9-10,12H2,1-3H3/t17-,19-/m1/s1. The minimum Gasteiger partial charge on any atom is -0.394 e. The van der Waals surface area contributed by atoms with Gasteiger partial charge in [0.15, 0.2) is 5.65 Å². The average Bonchev–Trinajstić information content (AvgIpc) is 3.00. The first-order valence-corrected chi connectivity index (χ1v) is 9.40. The van der Waals surface area contributed by atoms with Crippen LogP contribution >= 0.6 is 0 Å². The summed E-state index contributed by atoms with van der Waals surface area (Å²) < 4.78 is 7.48. The number of pyridine rings is 1. The van der Waals surface area contributed by atoms with Gasteiger partial charge in [0, 0.05) is 19.3 Å². The van der Waals surface area contributed by atoms with Crippen molar-refractivity contribution < 1.29 is 14.6 Å². The number of amides is 1. The summed E-state index contributed by atoms with van der Waals surface area (Å²) in [5, 5.41) is 15.1. The Labute approximate surface area is 163 Å². The molecule has 0 saturated carbocycles.